The summed E-state index contributed by atoms with van der Waals surface area (Å²) in [5.41, 5.74) is 2.29. The van der Waals surface area contributed by atoms with Gasteiger partial charge in [0.2, 0.25) is 0 Å². The Morgan fingerprint density at radius 2 is 1.74 bits per heavy atom. The molecule has 1 heterocycles. The average molecular weight is 312 g/mol. The molecule has 1 saturated heterocycles. The average Bonchev–Trinajstić information content (AvgIpc) is 3.20. The molecule has 1 atom stereocenters. The molecule has 2 aliphatic carbocycles. The van der Waals surface area contributed by atoms with Crippen LogP contribution >= 0.6 is 0 Å². The van der Waals surface area contributed by atoms with Crippen LogP contribution in [0.2, 0.25) is 0 Å². The minimum Gasteiger partial charge on any atom is -0.331 e. The van der Waals surface area contributed by atoms with Gasteiger partial charge in [-0.15, -0.1) is 0 Å². The van der Waals surface area contributed by atoms with E-state index in [4.69, 9.17) is 0 Å². The predicted octanol–water partition coefficient (Wildman–Crippen LogP) is 3.70. The van der Waals surface area contributed by atoms with E-state index in [9.17, 15) is 4.79 Å². The number of nitrogens with zero attached hydrogens (tertiary/aromatic N) is 1. The molecule has 23 heavy (non-hydrogen) atoms. The van der Waals surface area contributed by atoms with Gasteiger partial charge in [0.25, 0.3) is 5.91 Å². The normalized spacial score (nSPS) is 25.5. The Bertz CT molecular complexity index is 539. The summed E-state index contributed by atoms with van der Waals surface area (Å²) in [4.78, 5) is 15.8. The molecule has 0 radical (unpaired) electrons. The number of carbonyl (C=O) groups is 1. The summed E-state index contributed by atoms with van der Waals surface area (Å²) < 4.78 is 0. The van der Waals surface area contributed by atoms with Crippen molar-refractivity contribution in [2.24, 2.45) is 0 Å². The standard InChI is InChI=1S/C20H28N2O/c23-20(19-11-4-3-10-18(19)15-6-5-7-15)22(16-8-1-2-9-16)17-12-13-21-14-17/h3-4,10-11,15-17,21H,1-2,5-9,12-14H2. The second-order valence-corrected chi connectivity index (χ2v) is 7.51. The van der Waals surface area contributed by atoms with Crippen LogP contribution in [0, 0.1) is 0 Å². The number of nitrogens with one attached hydrogen (secondary N) is 1. The minimum absolute atomic E-state index is 0.299. The Morgan fingerprint density at radius 1 is 0.957 bits per heavy atom. The minimum atomic E-state index is 0.299. The third-order valence-corrected chi connectivity index (χ3v) is 6.12. The fourth-order valence-electron chi connectivity index (χ4n) is 4.60. The van der Waals surface area contributed by atoms with Crippen LogP contribution in [0.15, 0.2) is 24.3 Å². The van der Waals surface area contributed by atoms with E-state index < -0.39 is 0 Å². The molecule has 3 aliphatic rings. The highest BCUT2D eigenvalue weighted by Crippen LogP contribution is 2.39. The van der Waals surface area contributed by atoms with Gasteiger partial charge in [-0.2, -0.15) is 0 Å². The zero-order valence-corrected chi connectivity index (χ0v) is 14.0. The monoisotopic (exact) mass is 312 g/mol. The summed E-state index contributed by atoms with van der Waals surface area (Å²) in [5.74, 6) is 0.912. The number of amides is 1. The van der Waals surface area contributed by atoms with E-state index in [1.165, 1.54) is 50.5 Å². The van der Waals surface area contributed by atoms with Crippen molar-refractivity contribution in [1.82, 2.24) is 10.2 Å². The highest BCUT2D eigenvalue weighted by atomic mass is 16.2. The molecule has 3 nitrogen and oxygen atoms in total. The zero-order chi connectivity index (χ0) is 15.6. The summed E-state index contributed by atoms with van der Waals surface area (Å²) in [6, 6.07) is 9.25. The van der Waals surface area contributed by atoms with Crippen molar-refractivity contribution in [2.75, 3.05) is 13.1 Å². The van der Waals surface area contributed by atoms with Crippen molar-refractivity contribution in [3.05, 3.63) is 35.4 Å². The van der Waals surface area contributed by atoms with E-state index in [1.807, 2.05) is 6.07 Å². The lowest BCUT2D eigenvalue weighted by Crippen LogP contribution is -2.47. The lowest BCUT2D eigenvalue weighted by Gasteiger charge is -2.36. The number of rotatable bonds is 4. The van der Waals surface area contributed by atoms with Gasteiger partial charge in [-0.3, -0.25) is 4.79 Å². The van der Waals surface area contributed by atoms with Crippen LogP contribution < -0.4 is 5.32 Å². The summed E-state index contributed by atoms with van der Waals surface area (Å²) >= 11 is 0. The maximum absolute atomic E-state index is 13.5. The molecule has 1 aliphatic heterocycles. The summed E-state index contributed by atoms with van der Waals surface area (Å²) in [6.45, 7) is 2.01. The molecule has 124 valence electrons. The molecular weight excluding hydrogens is 284 g/mol. The molecule has 1 aromatic carbocycles. The summed E-state index contributed by atoms with van der Waals surface area (Å²) in [6.07, 6.45) is 9.84. The fourth-order valence-corrected chi connectivity index (χ4v) is 4.60. The first kappa shape index (κ1) is 15.2. The van der Waals surface area contributed by atoms with Gasteiger partial charge in [-0.05, 0) is 56.2 Å². The van der Waals surface area contributed by atoms with E-state index >= 15 is 0 Å². The highest BCUT2D eigenvalue weighted by molar-refractivity contribution is 5.96. The molecule has 0 aromatic heterocycles. The Hall–Kier alpha value is -1.35. The van der Waals surface area contributed by atoms with Crippen LogP contribution in [0.3, 0.4) is 0 Å². The molecule has 1 aromatic rings. The Balaban J connectivity index is 1.64. The van der Waals surface area contributed by atoms with Gasteiger partial charge in [0.05, 0.1) is 0 Å². The second kappa shape index (κ2) is 6.64. The van der Waals surface area contributed by atoms with Crippen molar-refractivity contribution in [2.45, 2.75) is 69.4 Å². The second-order valence-electron chi connectivity index (χ2n) is 7.51. The van der Waals surface area contributed by atoms with Crippen LogP contribution in [0.25, 0.3) is 0 Å². The van der Waals surface area contributed by atoms with Gasteiger partial charge in [0.15, 0.2) is 0 Å². The number of hydrogen-bond donors (Lipinski definition) is 1. The van der Waals surface area contributed by atoms with Crippen molar-refractivity contribution in [3.63, 3.8) is 0 Å². The SMILES string of the molecule is O=C(c1ccccc1C1CCC1)N(C1CCCC1)C1CCNC1. The van der Waals surface area contributed by atoms with E-state index in [0.717, 1.165) is 25.1 Å². The van der Waals surface area contributed by atoms with E-state index in [0.29, 0.717) is 23.9 Å². The smallest absolute Gasteiger partial charge is 0.254 e. The van der Waals surface area contributed by atoms with Crippen molar-refractivity contribution in [3.8, 4) is 0 Å². The van der Waals surface area contributed by atoms with Crippen molar-refractivity contribution >= 4 is 5.91 Å². The topological polar surface area (TPSA) is 32.3 Å². The third kappa shape index (κ3) is 2.91. The summed E-state index contributed by atoms with van der Waals surface area (Å²) in [7, 11) is 0. The molecule has 0 spiro atoms. The van der Waals surface area contributed by atoms with Crippen LogP contribution in [-0.4, -0.2) is 36.0 Å². The quantitative estimate of drug-likeness (QED) is 0.919. The number of hydrogen-bond acceptors (Lipinski definition) is 2. The van der Waals surface area contributed by atoms with Crippen LogP contribution in [0.1, 0.15) is 73.2 Å². The Labute approximate surface area is 139 Å². The molecule has 1 N–H and O–H groups in total. The highest BCUT2D eigenvalue weighted by Gasteiger charge is 2.36. The first-order valence-corrected chi connectivity index (χ1v) is 9.47. The molecule has 0 bridgehead atoms. The fraction of sp³-hybridized carbons (Fsp3) is 0.650. The molecule has 3 heteroatoms. The third-order valence-electron chi connectivity index (χ3n) is 6.12. The first-order chi connectivity index (χ1) is 11.3. The zero-order valence-electron chi connectivity index (χ0n) is 14.0. The molecule has 1 amide bonds. The first-order valence-electron chi connectivity index (χ1n) is 9.47. The maximum atomic E-state index is 13.5. The van der Waals surface area contributed by atoms with Crippen molar-refractivity contribution < 1.29 is 4.79 Å². The van der Waals surface area contributed by atoms with Crippen molar-refractivity contribution in [1.29, 1.82) is 0 Å². The number of benzene rings is 1. The molecule has 3 fully saturated rings. The van der Waals surface area contributed by atoms with Gasteiger partial charge < -0.3 is 10.2 Å². The Morgan fingerprint density at radius 3 is 2.39 bits per heavy atom. The van der Waals surface area contributed by atoms with Gasteiger partial charge in [0, 0.05) is 24.2 Å². The maximum Gasteiger partial charge on any atom is 0.254 e. The lowest BCUT2D eigenvalue weighted by molar-refractivity contribution is 0.0592. The molecule has 1 unspecified atom stereocenters. The van der Waals surface area contributed by atoms with Gasteiger partial charge >= 0.3 is 0 Å². The molecular formula is C20H28N2O. The Kier molecular flexibility index (Phi) is 4.39. The van der Waals surface area contributed by atoms with Crippen LogP contribution in [-0.2, 0) is 0 Å². The van der Waals surface area contributed by atoms with E-state index in [2.05, 4.69) is 28.4 Å². The largest absolute Gasteiger partial charge is 0.331 e. The van der Waals surface area contributed by atoms with Crippen LogP contribution in [0.4, 0.5) is 0 Å². The van der Waals surface area contributed by atoms with Gasteiger partial charge in [0.1, 0.15) is 0 Å². The van der Waals surface area contributed by atoms with Gasteiger partial charge in [-0.1, -0.05) is 37.5 Å². The summed E-state index contributed by atoms with van der Waals surface area (Å²) in [5, 5.41) is 3.45. The van der Waals surface area contributed by atoms with E-state index in [1.54, 1.807) is 0 Å². The van der Waals surface area contributed by atoms with E-state index in [-0.39, 0.29) is 0 Å². The number of carbonyl (C=O) groups excluding carboxylic acids is 1. The molecule has 2 saturated carbocycles. The molecule has 4 rings (SSSR count). The van der Waals surface area contributed by atoms with Gasteiger partial charge in [-0.25, -0.2) is 0 Å². The van der Waals surface area contributed by atoms with Crippen LogP contribution in [0.5, 0.6) is 0 Å². The predicted molar refractivity (Wildman–Crippen MR) is 92.7 cm³/mol. The lowest BCUT2D eigenvalue weighted by atomic mass is 9.78.